The Labute approximate surface area is 218 Å². The standard InChI is InChI=1S/C26H24BrNO3.C2H6OS/c1-30-26(29)23-12-11-21(18-25(23)31-22-8-3-2-4-9-22)28-15-13-19(14-16-28)17-20-7-5-6-10-24(20)27;1-4(2)3/h2-12,17-18H,13-16H2,1H3;1-2H3. The van der Waals surface area contributed by atoms with Crippen molar-refractivity contribution in [3.63, 3.8) is 0 Å². The van der Waals surface area contributed by atoms with Crippen LogP contribution in [0.2, 0.25) is 0 Å². The zero-order valence-corrected chi connectivity index (χ0v) is 22.6. The molecule has 1 heterocycles. The minimum Gasteiger partial charge on any atom is -0.465 e. The van der Waals surface area contributed by atoms with Crippen molar-refractivity contribution in [3.05, 3.63) is 94.0 Å². The van der Waals surface area contributed by atoms with Crippen molar-refractivity contribution in [3.8, 4) is 11.5 Å². The van der Waals surface area contributed by atoms with Crippen molar-refractivity contribution in [2.45, 2.75) is 12.8 Å². The number of piperidine rings is 1. The number of carbonyl (C=O) groups is 1. The maximum Gasteiger partial charge on any atom is 0.341 e. The molecule has 35 heavy (non-hydrogen) atoms. The quantitative estimate of drug-likeness (QED) is 0.327. The molecule has 1 saturated heterocycles. The number of esters is 1. The van der Waals surface area contributed by atoms with E-state index in [1.54, 1.807) is 18.6 Å². The summed E-state index contributed by atoms with van der Waals surface area (Å²) in [6, 6.07) is 23.4. The van der Waals surface area contributed by atoms with E-state index in [-0.39, 0.29) is 0 Å². The summed E-state index contributed by atoms with van der Waals surface area (Å²) in [5, 5.41) is 0. The van der Waals surface area contributed by atoms with E-state index in [4.69, 9.17) is 9.47 Å². The minimum absolute atomic E-state index is 0.408. The van der Waals surface area contributed by atoms with Gasteiger partial charge < -0.3 is 14.4 Å². The summed E-state index contributed by atoms with van der Waals surface area (Å²) >= 11 is 3.62. The van der Waals surface area contributed by atoms with Gasteiger partial charge in [-0.1, -0.05) is 64.0 Å². The molecule has 1 aliphatic heterocycles. The molecule has 3 aromatic rings. The minimum atomic E-state index is -0.611. The average Bonchev–Trinajstić information content (AvgIpc) is 2.86. The Kier molecular flexibility index (Phi) is 10.1. The van der Waals surface area contributed by atoms with Crippen LogP contribution in [0.4, 0.5) is 5.69 Å². The van der Waals surface area contributed by atoms with Gasteiger partial charge in [0.1, 0.15) is 17.1 Å². The zero-order chi connectivity index (χ0) is 25.2. The van der Waals surface area contributed by atoms with E-state index >= 15 is 0 Å². The monoisotopic (exact) mass is 555 g/mol. The van der Waals surface area contributed by atoms with Crippen LogP contribution >= 0.6 is 15.9 Å². The molecule has 1 fully saturated rings. The normalized spacial score (nSPS) is 13.1. The molecule has 0 spiro atoms. The van der Waals surface area contributed by atoms with Crippen LogP contribution in [0.1, 0.15) is 28.8 Å². The molecule has 5 nitrogen and oxygen atoms in total. The van der Waals surface area contributed by atoms with Crippen molar-refractivity contribution in [2.75, 3.05) is 37.6 Å². The predicted octanol–water partition coefficient (Wildman–Crippen LogP) is 6.71. The first-order valence-corrected chi connectivity index (χ1v) is 14.0. The molecule has 0 unspecified atom stereocenters. The van der Waals surface area contributed by atoms with E-state index in [9.17, 15) is 9.00 Å². The van der Waals surface area contributed by atoms with Crippen molar-refractivity contribution in [1.29, 1.82) is 0 Å². The summed E-state index contributed by atoms with van der Waals surface area (Å²) in [6.07, 6.45) is 7.55. The molecule has 0 saturated carbocycles. The van der Waals surface area contributed by atoms with E-state index in [2.05, 4.69) is 45.1 Å². The first kappa shape index (κ1) is 26.7. The lowest BCUT2D eigenvalue weighted by molar-refractivity contribution is 0.0598. The number of halogens is 1. The van der Waals surface area contributed by atoms with Gasteiger partial charge in [-0.05, 0) is 48.7 Å². The molecule has 0 amide bonds. The van der Waals surface area contributed by atoms with Crippen LogP contribution in [0.3, 0.4) is 0 Å². The second-order valence-corrected chi connectivity index (χ2v) is 10.5. The Balaban J connectivity index is 0.000000795. The maximum absolute atomic E-state index is 12.2. The molecule has 7 heteroatoms. The van der Waals surface area contributed by atoms with Crippen molar-refractivity contribution in [2.24, 2.45) is 0 Å². The average molecular weight is 557 g/mol. The Morgan fingerprint density at radius 3 is 2.23 bits per heavy atom. The van der Waals surface area contributed by atoms with Gasteiger partial charge in [0.2, 0.25) is 0 Å². The number of para-hydroxylation sites is 1. The molecule has 0 atom stereocenters. The third-order valence-corrected chi connectivity index (χ3v) is 6.10. The third kappa shape index (κ3) is 8.08. The van der Waals surface area contributed by atoms with E-state index < -0.39 is 16.8 Å². The van der Waals surface area contributed by atoms with Gasteiger partial charge in [-0.25, -0.2) is 4.79 Å². The van der Waals surface area contributed by atoms with Crippen LogP contribution in [0.5, 0.6) is 11.5 Å². The van der Waals surface area contributed by atoms with Crippen molar-refractivity contribution < 1.29 is 18.5 Å². The molecule has 0 radical (unpaired) electrons. The highest BCUT2D eigenvalue weighted by molar-refractivity contribution is 9.10. The van der Waals surface area contributed by atoms with Gasteiger partial charge in [0.25, 0.3) is 0 Å². The number of nitrogens with zero attached hydrogens (tertiary/aromatic N) is 1. The van der Waals surface area contributed by atoms with Gasteiger partial charge in [0.05, 0.1) is 7.11 Å². The number of hydrogen-bond donors (Lipinski definition) is 0. The molecule has 4 rings (SSSR count). The van der Waals surface area contributed by atoms with Gasteiger partial charge in [-0.2, -0.15) is 0 Å². The fraction of sp³-hybridized carbons (Fsp3) is 0.250. The molecule has 0 N–H and O–H groups in total. The molecule has 184 valence electrons. The highest BCUT2D eigenvalue weighted by atomic mass is 79.9. The second kappa shape index (κ2) is 13.3. The predicted molar refractivity (Wildman–Crippen MR) is 148 cm³/mol. The zero-order valence-electron chi connectivity index (χ0n) is 20.2. The lowest BCUT2D eigenvalue weighted by atomic mass is 10.00. The third-order valence-electron chi connectivity index (χ3n) is 5.38. The molecular weight excluding hydrogens is 526 g/mol. The molecule has 3 aromatic carbocycles. The number of methoxy groups -OCH3 is 1. The van der Waals surface area contributed by atoms with Gasteiger partial charge in [-0.3, -0.25) is 4.21 Å². The lowest BCUT2D eigenvalue weighted by Crippen LogP contribution is -2.30. The van der Waals surface area contributed by atoms with E-state index in [1.807, 2.05) is 48.5 Å². The number of anilines is 1. The molecule has 0 aromatic heterocycles. The number of rotatable bonds is 5. The van der Waals surface area contributed by atoms with E-state index in [0.717, 1.165) is 36.1 Å². The van der Waals surface area contributed by atoms with Crippen LogP contribution in [-0.4, -0.2) is 42.9 Å². The van der Waals surface area contributed by atoms with Crippen LogP contribution in [0.25, 0.3) is 6.08 Å². The highest BCUT2D eigenvalue weighted by Gasteiger charge is 2.19. The number of carbonyl (C=O) groups excluding carboxylic acids is 1. The van der Waals surface area contributed by atoms with Gasteiger partial charge in [-0.15, -0.1) is 0 Å². The van der Waals surface area contributed by atoms with Gasteiger partial charge in [0.15, 0.2) is 0 Å². The first-order chi connectivity index (χ1) is 16.9. The van der Waals surface area contributed by atoms with Crippen LogP contribution < -0.4 is 9.64 Å². The smallest absolute Gasteiger partial charge is 0.341 e. The largest absolute Gasteiger partial charge is 0.465 e. The fourth-order valence-electron chi connectivity index (χ4n) is 3.69. The highest BCUT2D eigenvalue weighted by Crippen LogP contribution is 2.33. The fourth-order valence-corrected chi connectivity index (χ4v) is 4.09. The van der Waals surface area contributed by atoms with Crippen molar-refractivity contribution in [1.82, 2.24) is 0 Å². The van der Waals surface area contributed by atoms with Crippen LogP contribution in [0.15, 0.2) is 82.8 Å². The maximum atomic E-state index is 12.2. The Morgan fingerprint density at radius 2 is 1.60 bits per heavy atom. The summed E-state index contributed by atoms with van der Waals surface area (Å²) in [5.41, 5.74) is 4.11. The summed E-state index contributed by atoms with van der Waals surface area (Å²) in [7, 11) is 0.770. The second-order valence-electron chi connectivity index (χ2n) is 8.14. The lowest BCUT2D eigenvalue weighted by Gasteiger charge is -2.31. The van der Waals surface area contributed by atoms with Crippen molar-refractivity contribution >= 4 is 44.5 Å². The van der Waals surface area contributed by atoms with Crippen LogP contribution in [-0.2, 0) is 15.5 Å². The number of hydrogen-bond acceptors (Lipinski definition) is 5. The van der Waals surface area contributed by atoms with Gasteiger partial charge >= 0.3 is 5.97 Å². The number of ether oxygens (including phenoxy) is 2. The van der Waals surface area contributed by atoms with E-state index in [1.165, 1.54) is 18.2 Å². The molecule has 0 bridgehead atoms. The number of benzene rings is 3. The molecular formula is C28H30BrNO4S. The summed E-state index contributed by atoms with van der Waals surface area (Å²) in [5.74, 6) is 0.780. The SMILES string of the molecule is COC(=O)c1ccc(N2CCC(=Cc3ccccc3Br)CC2)cc1Oc1ccccc1.CS(C)=O. The van der Waals surface area contributed by atoms with E-state index in [0.29, 0.717) is 17.1 Å². The Morgan fingerprint density at radius 1 is 0.971 bits per heavy atom. The summed E-state index contributed by atoms with van der Waals surface area (Å²) < 4.78 is 21.6. The first-order valence-electron chi connectivity index (χ1n) is 11.3. The summed E-state index contributed by atoms with van der Waals surface area (Å²) in [6.45, 7) is 1.83. The Bertz CT molecular complexity index is 1180. The molecule has 0 aliphatic carbocycles. The summed E-state index contributed by atoms with van der Waals surface area (Å²) in [4.78, 5) is 14.6. The Hall–Kier alpha value is -2.90. The van der Waals surface area contributed by atoms with Gasteiger partial charge in [0, 0.05) is 52.6 Å². The molecule has 1 aliphatic rings. The van der Waals surface area contributed by atoms with Crippen LogP contribution in [0, 0.1) is 0 Å². The topological polar surface area (TPSA) is 55.8 Å².